The fraction of sp³-hybridized carbons (Fsp3) is 0.500. The van der Waals surface area contributed by atoms with E-state index in [1.807, 2.05) is 6.92 Å². The molecule has 0 bridgehead atoms. The Hall–Kier alpha value is -1.72. The number of rotatable bonds is 5. The van der Waals surface area contributed by atoms with Crippen molar-refractivity contribution >= 4 is 17.4 Å². The number of amides is 1. The summed E-state index contributed by atoms with van der Waals surface area (Å²) in [6.45, 7) is 2.91. The summed E-state index contributed by atoms with van der Waals surface area (Å²) in [6.07, 6.45) is 2.47. The Morgan fingerprint density at radius 2 is 2.50 bits per heavy atom. The van der Waals surface area contributed by atoms with Gasteiger partial charge in [0.05, 0.1) is 18.4 Å². The van der Waals surface area contributed by atoms with Crippen molar-refractivity contribution in [2.75, 3.05) is 24.1 Å². The molecule has 6 nitrogen and oxygen atoms in total. The number of nitrogens with zero attached hydrogens (tertiary/aromatic N) is 1. The molecule has 78 valence electrons. The molecule has 0 saturated carbocycles. The van der Waals surface area contributed by atoms with Gasteiger partial charge in [0.25, 0.3) is 0 Å². The average molecular weight is 197 g/mol. The van der Waals surface area contributed by atoms with Crippen LogP contribution in [0.3, 0.4) is 0 Å². The molecule has 0 spiro atoms. The van der Waals surface area contributed by atoms with Crippen LogP contribution in [0.4, 0.5) is 11.5 Å². The van der Waals surface area contributed by atoms with Crippen molar-refractivity contribution < 1.29 is 4.79 Å². The lowest BCUT2D eigenvalue weighted by atomic mass is 10.4. The van der Waals surface area contributed by atoms with Crippen molar-refractivity contribution in [2.45, 2.75) is 13.3 Å². The summed E-state index contributed by atoms with van der Waals surface area (Å²) in [5.41, 5.74) is 6.16. The van der Waals surface area contributed by atoms with Crippen LogP contribution in [0.25, 0.3) is 0 Å². The molecule has 0 aliphatic rings. The predicted molar refractivity (Wildman–Crippen MR) is 54.8 cm³/mol. The number of carbonyl (C=O) groups excluding carboxylic acids is 1. The molecule has 0 aromatic carbocycles. The second-order valence-electron chi connectivity index (χ2n) is 2.90. The van der Waals surface area contributed by atoms with Gasteiger partial charge in [-0.05, 0) is 6.42 Å². The lowest BCUT2D eigenvalue weighted by molar-refractivity contribution is -0.119. The molecule has 1 rings (SSSR count). The fourth-order valence-electron chi connectivity index (χ4n) is 0.939. The van der Waals surface area contributed by atoms with Crippen LogP contribution in [0.15, 0.2) is 6.20 Å². The van der Waals surface area contributed by atoms with E-state index in [2.05, 4.69) is 20.8 Å². The van der Waals surface area contributed by atoms with E-state index in [9.17, 15) is 4.79 Å². The molecule has 1 aromatic rings. The molecule has 1 amide bonds. The summed E-state index contributed by atoms with van der Waals surface area (Å²) in [4.78, 5) is 11.2. The highest BCUT2D eigenvalue weighted by Crippen LogP contribution is 2.11. The molecular weight excluding hydrogens is 182 g/mol. The molecule has 0 radical (unpaired) electrons. The van der Waals surface area contributed by atoms with Crippen molar-refractivity contribution in [1.29, 1.82) is 0 Å². The van der Waals surface area contributed by atoms with Crippen molar-refractivity contribution in [3.05, 3.63) is 6.20 Å². The van der Waals surface area contributed by atoms with E-state index in [0.29, 0.717) is 18.1 Å². The zero-order chi connectivity index (χ0) is 10.4. The minimum Gasteiger partial charge on any atom is -0.382 e. The maximum atomic E-state index is 11.2. The minimum atomic E-state index is -0.0487. The first kappa shape index (κ1) is 10.4. The molecule has 0 aliphatic carbocycles. The fourth-order valence-corrected chi connectivity index (χ4v) is 0.939. The van der Waals surface area contributed by atoms with E-state index >= 15 is 0 Å². The number of aromatic nitrogens is 2. The van der Waals surface area contributed by atoms with Gasteiger partial charge in [-0.15, -0.1) is 0 Å². The van der Waals surface area contributed by atoms with Crippen LogP contribution in [0, 0.1) is 0 Å². The number of anilines is 2. The van der Waals surface area contributed by atoms with E-state index in [1.165, 1.54) is 0 Å². The van der Waals surface area contributed by atoms with Crippen LogP contribution < -0.4 is 16.4 Å². The van der Waals surface area contributed by atoms with Gasteiger partial charge >= 0.3 is 0 Å². The number of aromatic amines is 1. The summed E-state index contributed by atoms with van der Waals surface area (Å²) in [5, 5.41) is 11.9. The minimum absolute atomic E-state index is 0.0487. The largest absolute Gasteiger partial charge is 0.382 e. The predicted octanol–water partition coefficient (Wildman–Crippen LogP) is -0.0700. The van der Waals surface area contributed by atoms with Crippen molar-refractivity contribution in [1.82, 2.24) is 15.5 Å². The lowest BCUT2D eigenvalue weighted by Crippen LogP contribution is -2.30. The van der Waals surface area contributed by atoms with E-state index in [4.69, 9.17) is 5.73 Å². The molecule has 0 unspecified atom stereocenters. The quantitative estimate of drug-likeness (QED) is 0.531. The molecule has 1 heterocycles. The van der Waals surface area contributed by atoms with Crippen LogP contribution >= 0.6 is 0 Å². The third kappa shape index (κ3) is 2.96. The average Bonchev–Trinajstić information content (AvgIpc) is 2.58. The first-order valence-electron chi connectivity index (χ1n) is 4.53. The van der Waals surface area contributed by atoms with Gasteiger partial charge in [0.1, 0.15) is 5.82 Å². The number of hydrogen-bond donors (Lipinski definition) is 4. The summed E-state index contributed by atoms with van der Waals surface area (Å²) < 4.78 is 0. The second-order valence-corrected chi connectivity index (χ2v) is 2.90. The Morgan fingerprint density at radius 3 is 3.07 bits per heavy atom. The van der Waals surface area contributed by atoms with Gasteiger partial charge in [0, 0.05) is 6.54 Å². The van der Waals surface area contributed by atoms with Crippen molar-refractivity contribution in [3.8, 4) is 0 Å². The maximum absolute atomic E-state index is 11.2. The van der Waals surface area contributed by atoms with Crippen LogP contribution in [-0.4, -0.2) is 29.2 Å². The summed E-state index contributed by atoms with van der Waals surface area (Å²) in [7, 11) is 0. The van der Waals surface area contributed by atoms with E-state index in [1.54, 1.807) is 6.20 Å². The second kappa shape index (κ2) is 5.11. The van der Waals surface area contributed by atoms with Gasteiger partial charge in [-0.2, -0.15) is 5.10 Å². The molecule has 5 N–H and O–H groups in total. The molecule has 1 aromatic heterocycles. The van der Waals surface area contributed by atoms with Crippen LogP contribution in [0.5, 0.6) is 0 Å². The number of nitrogens with one attached hydrogen (secondary N) is 3. The van der Waals surface area contributed by atoms with Gasteiger partial charge in [-0.1, -0.05) is 6.92 Å². The highest BCUT2D eigenvalue weighted by molar-refractivity contribution is 5.81. The van der Waals surface area contributed by atoms with Crippen molar-refractivity contribution in [3.63, 3.8) is 0 Å². The topological polar surface area (TPSA) is 95.8 Å². The number of H-pyrrole nitrogens is 1. The number of carbonyl (C=O) groups is 1. The lowest BCUT2D eigenvalue weighted by Gasteiger charge is -2.05. The summed E-state index contributed by atoms with van der Waals surface area (Å²) in [6, 6.07) is 0. The highest BCUT2D eigenvalue weighted by Gasteiger charge is 2.03. The highest BCUT2D eigenvalue weighted by atomic mass is 16.1. The zero-order valence-electron chi connectivity index (χ0n) is 8.13. The molecule has 14 heavy (non-hydrogen) atoms. The van der Waals surface area contributed by atoms with Crippen LogP contribution in [0.1, 0.15) is 13.3 Å². The third-order valence-corrected chi connectivity index (χ3v) is 1.68. The summed E-state index contributed by atoms with van der Waals surface area (Å²) >= 11 is 0. The molecule has 0 fully saturated rings. The molecule has 6 heteroatoms. The van der Waals surface area contributed by atoms with Gasteiger partial charge in [-0.25, -0.2) is 0 Å². The first-order chi connectivity index (χ1) is 6.74. The Balaban J connectivity index is 2.27. The standard InChI is InChI=1S/C8H15N5O/c1-2-3-10-7(14)5-11-6-4-12-13-8(6)9/h4,11H,2-3,5H2,1H3,(H,10,14)(H3,9,12,13). The number of nitrogen functional groups attached to an aromatic ring is 1. The van der Waals surface area contributed by atoms with Crippen LogP contribution in [0.2, 0.25) is 0 Å². The monoisotopic (exact) mass is 197 g/mol. The molecular formula is C8H15N5O. The molecule has 0 aliphatic heterocycles. The zero-order valence-corrected chi connectivity index (χ0v) is 8.13. The number of nitrogens with two attached hydrogens (primary N) is 1. The van der Waals surface area contributed by atoms with Crippen molar-refractivity contribution in [2.24, 2.45) is 0 Å². The molecule has 0 atom stereocenters. The number of hydrogen-bond acceptors (Lipinski definition) is 4. The Morgan fingerprint density at radius 1 is 1.71 bits per heavy atom. The van der Waals surface area contributed by atoms with E-state index < -0.39 is 0 Å². The normalized spacial score (nSPS) is 9.79. The Bertz CT molecular complexity index is 296. The SMILES string of the molecule is CCCNC(=O)CNc1cn[nH]c1N. The first-order valence-corrected chi connectivity index (χ1v) is 4.53. The van der Waals surface area contributed by atoms with Gasteiger partial charge in [-0.3, -0.25) is 9.89 Å². The van der Waals surface area contributed by atoms with Crippen LogP contribution in [-0.2, 0) is 4.79 Å². The smallest absolute Gasteiger partial charge is 0.239 e. The Labute approximate surface area is 82.3 Å². The van der Waals surface area contributed by atoms with E-state index in [-0.39, 0.29) is 12.5 Å². The maximum Gasteiger partial charge on any atom is 0.239 e. The van der Waals surface area contributed by atoms with Gasteiger partial charge < -0.3 is 16.4 Å². The summed E-state index contributed by atoms with van der Waals surface area (Å²) in [5.74, 6) is 0.390. The van der Waals surface area contributed by atoms with E-state index in [0.717, 1.165) is 6.42 Å². The Kier molecular flexibility index (Phi) is 3.78. The third-order valence-electron chi connectivity index (χ3n) is 1.68. The van der Waals surface area contributed by atoms with Gasteiger partial charge in [0.2, 0.25) is 5.91 Å². The van der Waals surface area contributed by atoms with Gasteiger partial charge in [0.15, 0.2) is 0 Å². The molecule has 0 saturated heterocycles.